The largest absolute Gasteiger partial charge is 0.497 e. The Labute approximate surface area is 134 Å². The quantitative estimate of drug-likeness (QED) is 0.626. The number of benzene rings is 2. The fraction of sp³-hybridized carbons (Fsp3) is 0.0714. The van der Waals surface area contributed by atoms with Crippen molar-refractivity contribution in [3.8, 4) is 5.75 Å². The van der Waals surface area contributed by atoms with E-state index in [0.29, 0.717) is 17.0 Å². The van der Waals surface area contributed by atoms with Gasteiger partial charge >= 0.3 is 0 Å². The maximum Gasteiger partial charge on any atom is 0.149 e. The van der Waals surface area contributed by atoms with E-state index in [9.17, 15) is 8.78 Å². The first-order chi connectivity index (χ1) is 9.92. The Morgan fingerprint density at radius 1 is 1.19 bits per heavy atom. The molecule has 2 rings (SSSR count). The summed E-state index contributed by atoms with van der Waals surface area (Å²) in [6.45, 7) is 0. The van der Waals surface area contributed by atoms with E-state index >= 15 is 0 Å². The van der Waals surface area contributed by atoms with E-state index in [-0.39, 0.29) is 15.1 Å². The molecule has 2 aromatic rings. The van der Waals surface area contributed by atoms with Crippen LogP contribution >= 0.6 is 28.1 Å². The molecule has 0 radical (unpaired) electrons. The zero-order chi connectivity index (χ0) is 15.6. The standard InChI is InChI=1S/C14H11BrF2N2OS/c1-20-7-2-3-8(14(18)21)12(4-7)19-13-5-9(15)10(16)6-11(13)17/h2-6,19H,1H3,(H2,18,21). The van der Waals surface area contributed by atoms with Crippen LogP contribution in [0, 0.1) is 11.6 Å². The average Bonchev–Trinajstić information content (AvgIpc) is 2.44. The van der Waals surface area contributed by atoms with Crippen molar-refractivity contribution in [1.82, 2.24) is 0 Å². The smallest absolute Gasteiger partial charge is 0.149 e. The Kier molecular flexibility index (Phi) is 4.74. The molecule has 0 spiro atoms. The SMILES string of the molecule is COc1ccc(C(N)=S)c(Nc2cc(Br)c(F)cc2F)c1. The Morgan fingerprint density at radius 3 is 2.52 bits per heavy atom. The lowest BCUT2D eigenvalue weighted by Crippen LogP contribution is -2.12. The molecular weight excluding hydrogens is 362 g/mol. The number of anilines is 2. The summed E-state index contributed by atoms with van der Waals surface area (Å²) >= 11 is 7.97. The van der Waals surface area contributed by atoms with Crippen LogP contribution in [0.5, 0.6) is 5.75 Å². The highest BCUT2D eigenvalue weighted by Gasteiger charge is 2.12. The molecule has 0 saturated carbocycles. The lowest BCUT2D eigenvalue weighted by molar-refractivity contribution is 0.415. The third kappa shape index (κ3) is 3.48. The molecule has 0 aliphatic carbocycles. The van der Waals surface area contributed by atoms with Gasteiger partial charge in [0, 0.05) is 17.7 Å². The fourth-order valence-electron chi connectivity index (χ4n) is 1.73. The summed E-state index contributed by atoms with van der Waals surface area (Å²) in [6.07, 6.45) is 0. The summed E-state index contributed by atoms with van der Waals surface area (Å²) in [7, 11) is 1.51. The predicted molar refractivity (Wildman–Crippen MR) is 86.2 cm³/mol. The normalized spacial score (nSPS) is 10.3. The lowest BCUT2D eigenvalue weighted by Gasteiger charge is -2.14. The van der Waals surface area contributed by atoms with Gasteiger partial charge in [0.15, 0.2) is 0 Å². The van der Waals surface area contributed by atoms with E-state index in [2.05, 4.69) is 21.2 Å². The molecule has 0 unspecified atom stereocenters. The van der Waals surface area contributed by atoms with Gasteiger partial charge in [-0.25, -0.2) is 8.78 Å². The van der Waals surface area contributed by atoms with Crippen molar-refractivity contribution < 1.29 is 13.5 Å². The molecule has 0 fully saturated rings. The molecule has 0 bridgehead atoms. The molecule has 110 valence electrons. The summed E-state index contributed by atoms with van der Waals surface area (Å²) in [5, 5.41) is 2.85. The van der Waals surface area contributed by atoms with Crippen molar-refractivity contribution >= 4 is 44.5 Å². The highest BCUT2D eigenvalue weighted by atomic mass is 79.9. The average molecular weight is 373 g/mol. The molecule has 0 heterocycles. The third-order valence-electron chi connectivity index (χ3n) is 2.77. The van der Waals surface area contributed by atoms with Gasteiger partial charge in [0.25, 0.3) is 0 Å². The molecule has 3 N–H and O–H groups in total. The monoisotopic (exact) mass is 372 g/mol. The highest BCUT2D eigenvalue weighted by Crippen LogP contribution is 2.30. The zero-order valence-electron chi connectivity index (χ0n) is 10.9. The van der Waals surface area contributed by atoms with Crippen LogP contribution in [0.15, 0.2) is 34.8 Å². The van der Waals surface area contributed by atoms with E-state index in [0.717, 1.165) is 6.07 Å². The van der Waals surface area contributed by atoms with Gasteiger partial charge in [-0.3, -0.25) is 0 Å². The van der Waals surface area contributed by atoms with Crippen molar-refractivity contribution in [2.45, 2.75) is 0 Å². The molecule has 0 amide bonds. The van der Waals surface area contributed by atoms with Gasteiger partial charge in [-0.2, -0.15) is 0 Å². The summed E-state index contributed by atoms with van der Waals surface area (Å²) in [6, 6.07) is 7.07. The van der Waals surface area contributed by atoms with Gasteiger partial charge in [0.2, 0.25) is 0 Å². The molecule has 0 aromatic heterocycles. The third-order valence-corrected chi connectivity index (χ3v) is 3.60. The Balaban J connectivity index is 2.47. The fourth-order valence-corrected chi connectivity index (χ4v) is 2.25. The van der Waals surface area contributed by atoms with Gasteiger partial charge in [0.1, 0.15) is 22.4 Å². The Bertz CT molecular complexity index is 710. The van der Waals surface area contributed by atoms with Crippen molar-refractivity contribution in [3.63, 3.8) is 0 Å². The van der Waals surface area contributed by atoms with Crippen molar-refractivity contribution in [3.05, 3.63) is 52.0 Å². The summed E-state index contributed by atoms with van der Waals surface area (Å²) < 4.78 is 32.3. The maximum absolute atomic E-state index is 13.8. The van der Waals surface area contributed by atoms with Gasteiger partial charge < -0.3 is 15.8 Å². The van der Waals surface area contributed by atoms with Crippen LogP contribution in [-0.2, 0) is 0 Å². The molecule has 0 saturated heterocycles. The van der Waals surface area contributed by atoms with E-state index in [1.807, 2.05) is 0 Å². The molecular formula is C14H11BrF2N2OS. The van der Waals surface area contributed by atoms with E-state index in [1.54, 1.807) is 18.2 Å². The summed E-state index contributed by atoms with van der Waals surface area (Å²) in [5.41, 5.74) is 6.74. The Morgan fingerprint density at radius 2 is 1.90 bits per heavy atom. The van der Waals surface area contributed by atoms with Gasteiger partial charge in [-0.05, 0) is 34.1 Å². The van der Waals surface area contributed by atoms with Crippen LogP contribution in [0.2, 0.25) is 0 Å². The minimum Gasteiger partial charge on any atom is -0.497 e. The lowest BCUT2D eigenvalue weighted by atomic mass is 10.1. The topological polar surface area (TPSA) is 47.3 Å². The number of nitrogens with two attached hydrogens (primary N) is 1. The first-order valence-electron chi connectivity index (χ1n) is 5.81. The van der Waals surface area contributed by atoms with Gasteiger partial charge in [-0.15, -0.1) is 0 Å². The highest BCUT2D eigenvalue weighted by molar-refractivity contribution is 9.10. The van der Waals surface area contributed by atoms with E-state index in [1.165, 1.54) is 13.2 Å². The molecule has 2 aromatic carbocycles. The maximum atomic E-state index is 13.8. The molecule has 7 heteroatoms. The van der Waals surface area contributed by atoms with Crippen LogP contribution in [0.1, 0.15) is 5.56 Å². The number of methoxy groups -OCH3 is 1. The van der Waals surface area contributed by atoms with E-state index < -0.39 is 11.6 Å². The molecule has 0 aliphatic heterocycles. The van der Waals surface area contributed by atoms with Crippen LogP contribution in [0.4, 0.5) is 20.2 Å². The van der Waals surface area contributed by atoms with Crippen LogP contribution in [0.3, 0.4) is 0 Å². The van der Waals surface area contributed by atoms with Crippen molar-refractivity contribution in [1.29, 1.82) is 0 Å². The van der Waals surface area contributed by atoms with Crippen LogP contribution < -0.4 is 15.8 Å². The first-order valence-corrected chi connectivity index (χ1v) is 7.02. The van der Waals surface area contributed by atoms with E-state index in [4.69, 9.17) is 22.7 Å². The predicted octanol–water partition coefficient (Wildman–Crippen LogP) is 4.11. The molecule has 3 nitrogen and oxygen atoms in total. The van der Waals surface area contributed by atoms with Gasteiger partial charge in [0.05, 0.1) is 23.0 Å². The van der Waals surface area contributed by atoms with Crippen LogP contribution in [-0.4, -0.2) is 12.1 Å². The summed E-state index contributed by atoms with van der Waals surface area (Å²) in [4.78, 5) is 0.154. The molecule has 0 aliphatic rings. The Hall–Kier alpha value is -1.73. The van der Waals surface area contributed by atoms with Gasteiger partial charge in [-0.1, -0.05) is 12.2 Å². The number of hydrogen-bond acceptors (Lipinski definition) is 3. The minimum absolute atomic E-state index is 0.0917. The molecule has 21 heavy (non-hydrogen) atoms. The van der Waals surface area contributed by atoms with Crippen molar-refractivity contribution in [2.75, 3.05) is 12.4 Å². The first kappa shape index (κ1) is 15.7. The number of halogens is 3. The second kappa shape index (κ2) is 6.36. The number of ether oxygens (including phenoxy) is 1. The second-order valence-corrected chi connectivity index (χ2v) is 5.44. The number of rotatable bonds is 4. The number of hydrogen-bond donors (Lipinski definition) is 2. The van der Waals surface area contributed by atoms with Crippen molar-refractivity contribution in [2.24, 2.45) is 5.73 Å². The summed E-state index contributed by atoms with van der Waals surface area (Å²) in [5.74, 6) is -0.857. The number of thiocarbonyl (C=S) groups is 1. The van der Waals surface area contributed by atoms with Crippen LogP contribution in [0.25, 0.3) is 0 Å². The zero-order valence-corrected chi connectivity index (χ0v) is 13.3. The number of nitrogens with one attached hydrogen (secondary N) is 1. The minimum atomic E-state index is -0.729. The second-order valence-electron chi connectivity index (χ2n) is 4.15. The molecule has 0 atom stereocenters.